The van der Waals surface area contributed by atoms with Gasteiger partial charge in [-0.25, -0.2) is 4.79 Å². The summed E-state index contributed by atoms with van der Waals surface area (Å²) in [6.45, 7) is 13.7. The third-order valence-electron chi connectivity index (χ3n) is 7.51. The van der Waals surface area contributed by atoms with Crippen molar-refractivity contribution in [1.82, 2.24) is 15.2 Å². The monoisotopic (exact) mass is 481 g/mol. The fourth-order valence-electron chi connectivity index (χ4n) is 5.83. The van der Waals surface area contributed by atoms with Crippen molar-refractivity contribution in [3.8, 4) is 0 Å². The van der Waals surface area contributed by atoms with E-state index in [1.165, 1.54) is 27.7 Å². The highest BCUT2D eigenvalue weighted by Crippen LogP contribution is 2.40. The van der Waals surface area contributed by atoms with Crippen LogP contribution in [0.4, 0.5) is 4.79 Å². The summed E-state index contributed by atoms with van der Waals surface area (Å²) >= 11 is 0. The summed E-state index contributed by atoms with van der Waals surface area (Å²) in [4.78, 5) is 31.6. The number of rotatable bonds is 5. The van der Waals surface area contributed by atoms with Crippen molar-refractivity contribution in [2.75, 3.05) is 13.1 Å². The maximum absolute atomic E-state index is 13.8. The number of carbonyl (C=O) groups is 2. The lowest BCUT2D eigenvalue weighted by atomic mass is 9.80. The van der Waals surface area contributed by atoms with Gasteiger partial charge in [-0.3, -0.25) is 4.79 Å². The van der Waals surface area contributed by atoms with Gasteiger partial charge in [0.1, 0.15) is 5.60 Å². The zero-order valence-electron chi connectivity index (χ0n) is 22.4. The molecule has 6 nitrogen and oxygen atoms in total. The van der Waals surface area contributed by atoms with Crippen LogP contribution >= 0.6 is 0 Å². The molecule has 2 N–H and O–H groups in total. The number of H-pyrrole nitrogens is 1. The van der Waals surface area contributed by atoms with Crippen LogP contribution in [-0.4, -0.2) is 40.6 Å². The molecule has 1 atom stereocenters. The van der Waals surface area contributed by atoms with Gasteiger partial charge in [0.05, 0.1) is 6.04 Å². The Morgan fingerprint density at radius 3 is 2.54 bits per heavy atom. The standard InChI is InChI=1S/C29H43N3O3/c1-18(2)15-25-26-22(23-16-19(3)7-12-24(23)31-26)13-14-32(25)27(33)21-10-8-20(9-11-21)17-30-28(34)35-29(4,5)6/h7,12,16,18,20-21,25,31H,8-11,13-15,17H2,1-6H3,(H,30,34). The second kappa shape index (κ2) is 10.2. The molecule has 4 rings (SSSR count). The Bertz CT molecular complexity index is 1060. The number of benzene rings is 1. The summed E-state index contributed by atoms with van der Waals surface area (Å²) in [5.41, 5.74) is 4.61. The first kappa shape index (κ1) is 25.6. The van der Waals surface area contributed by atoms with Gasteiger partial charge >= 0.3 is 6.09 Å². The molecule has 2 amide bonds. The Balaban J connectivity index is 1.41. The minimum absolute atomic E-state index is 0.0793. The van der Waals surface area contributed by atoms with E-state index in [9.17, 15) is 9.59 Å². The fourth-order valence-corrected chi connectivity index (χ4v) is 5.83. The Labute approximate surface area is 210 Å². The molecule has 1 fully saturated rings. The van der Waals surface area contributed by atoms with E-state index in [0.29, 0.717) is 24.3 Å². The van der Waals surface area contributed by atoms with Crippen LogP contribution in [0.5, 0.6) is 0 Å². The van der Waals surface area contributed by atoms with Crippen molar-refractivity contribution in [1.29, 1.82) is 0 Å². The predicted octanol–water partition coefficient (Wildman–Crippen LogP) is 6.28. The lowest BCUT2D eigenvalue weighted by molar-refractivity contribution is -0.140. The van der Waals surface area contributed by atoms with E-state index in [-0.39, 0.29) is 18.1 Å². The third-order valence-corrected chi connectivity index (χ3v) is 7.51. The Hall–Kier alpha value is -2.50. The maximum atomic E-state index is 13.8. The van der Waals surface area contributed by atoms with Crippen molar-refractivity contribution in [2.45, 2.75) is 91.7 Å². The van der Waals surface area contributed by atoms with Crippen LogP contribution in [0.2, 0.25) is 0 Å². The van der Waals surface area contributed by atoms with Crippen LogP contribution in [0.15, 0.2) is 18.2 Å². The Morgan fingerprint density at radius 2 is 1.89 bits per heavy atom. The number of fused-ring (bicyclic) bond motifs is 3. The first-order valence-corrected chi connectivity index (χ1v) is 13.4. The van der Waals surface area contributed by atoms with Crippen molar-refractivity contribution in [3.05, 3.63) is 35.0 Å². The van der Waals surface area contributed by atoms with Crippen LogP contribution in [0.25, 0.3) is 10.9 Å². The minimum atomic E-state index is -0.487. The number of aromatic amines is 1. The molecule has 1 unspecified atom stereocenters. The molecule has 0 spiro atoms. The summed E-state index contributed by atoms with van der Waals surface area (Å²) in [5.74, 6) is 1.30. The van der Waals surface area contributed by atoms with Gasteiger partial charge in [-0.2, -0.15) is 0 Å². The summed E-state index contributed by atoms with van der Waals surface area (Å²) < 4.78 is 5.35. The summed E-state index contributed by atoms with van der Waals surface area (Å²) in [5, 5.41) is 4.23. The number of amides is 2. The number of carbonyl (C=O) groups excluding carboxylic acids is 2. The number of hydrogen-bond donors (Lipinski definition) is 2. The number of aryl methyl sites for hydroxylation is 1. The number of hydrogen-bond acceptors (Lipinski definition) is 3. The average Bonchev–Trinajstić information content (AvgIpc) is 3.15. The molecule has 0 radical (unpaired) electrons. The molecule has 1 aromatic heterocycles. The van der Waals surface area contributed by atoms with Gasteiger partial charge in [-0.05, 0) is 95.8 Å². The highest BCUT2D eigenvalue weighted by molar-refractivity contribution is 5.87. The minimum Gasteiger partial charge on any atom is -0.444 e. The van der Waals surface area contributed by atoms with Crippen LogP contribution in [0, 0.1) is 24.7 Å². The number of alkyl carbamates (subject to hydrolysis) is 1. The highest BCUT2D eigenvalue weighted by Gasteiger charge is 2.37. The van der Waals surface area contributed by atoms with E-state index in [1.54, 1.807) is 0 Å². The van der Waals surface area contributed by atoms with Crippen LogP contribution in [0.3, 0.4) is 0 Å². The van der Waals surface area contributed by atoms with Crippen LogP contribution < -0.4 is 5.32 Å². The lowest BCUT2D eigenvalue weighted by Gasteiger charge is -2.40. The van der Waals surface area contributed by atoms with Crippen molar-refractivity contribution < 1.29 is 14.3 Å². The number of nitrogens with zero attached hydrogens (tertiary/aromatic N) is 1. The van der Waals surface area contributed by atoms with Crippen molar-refractivity contribution in [3.63, 3.8) is 0 Å². The molecule has 1 aromatic carbocycles. The number of aromatic nitrogens is 1. The molecule has 6 heteroatoms. The second-order valence-corrected chi connectivity index (χ2v) is 12.1. The lowest BCUT2D eigenvalue weighted by Crippen LogP contribution is -2.45. The molecule has 1 aliphatic heterocycles. The van der Waals surface area contributed by atoms with Gasteiger partial charge in [0.25, 0.3) is 0 Å². The summed E-state index contributed by atoms with van der Waals surface area (Å²) in [6.07, 6.45) is 5.24. The van der Waals surface area contributed by atoms with Crippen LogP contribution in [0.1, 0.15) is 89.6 Å². The second-order valence-electron chi connectivity index (χ2n) is 12.1. The molecule has 0 saturated heterocycles. The topological polar surface area (TPSA) is 74.4 Å². The molecule has 2 heterocycles. The van der Waals surface area contributed by atoms with Gasteiger partial charge in [-0.15, -0.1) is 0 Å². The van der Waals surface area contributed by atoms with E-state index >= 15 is 0 Å². The van der Waals surface area contributed by atoms with E-state index in [1.807, 2.05) is 20.8 Å². The molecule has 2 aromatic rings. The van der Waals surface area contributed by atoms with E-state index in [0.717, 1.165) is 45.1 Å². The quantitative estimate of drug-likeness (QED) is 0.528. The fraction of sp³-hybridized carbons (Fsp3) is 0.655. The predicted molar refractivity (Wildman–Crippen MR) is 140 cm³/mol. The molecule has 1 saturated carbocycles. The zero-order valence-corrected chi connectivity index (χ0v) is 22.4. The molecule has 192 valence electrons. The Kier molecular flexibility index (Phi) is 7.48. The molecule has 1 aliphatic carbocycles. The third kappa shape index (κ3) is 6.02. The van der Waals surface area contributed by atoms with Gasteiger partial charge in [0.2, 0.25) is 5.91 Å². The SMILES string of the molecule is Cc1ccc2[nH]c3c(c2c1)CCN(C(=O)C1CCC(CNC(=O)OC(C)(C)C)CC1)C3CC(C)C. The van der Waals surface area contributed by atoms with E-state index in [4.69, 9.17) is 4.74 Å². The molecule has 35 heavy (non-hydrogen) atoms. The zero-order chi connectivity index (χ0) is 25.3. The summed E-state index contributed by atoms with van der Waals surface area (Å²) in [7, 11) is 0. The van der Waals surface area contributed by atoms with Gasteiger partial charge < -0.3 is 19.9 Å². The van der Waals surface area contributed by atoms with Gasteiger partial charge in [0, 0.05) is 35.6 Å². The van der Waals surface area contributed by atoms with E-state index < -0.39 is 5.60 Å². The molecule has 0 bridgehead atoms. The number of ether oxygens (including phenoxy) is 1. The highest BCUT2D eigenvalue weighted by atomic mass is 16.6. The summed E-state index contributed by atoms with van der Waals surface area (Å²) in [6, 6.07) is 6.72. The molecule has 2 aliphatic rings. The van der Waals surface area contributed by atoms with Gasteiger partial charge in [0.15, 0.2) is 0 Å². The number of nitrogens with one attached hydrogen (secondary N) is 2. The van der Waals surface area contributed by atoms with Crippen molar-refractivity contribution >= 4 is 22.9 Å². The largest absolute Gasteiger partial charge is 0.444 e. The van der Waals surface area contributed by atoms with Crippen LogP contribution in [-0.2, 0) is 16.0 Å². The molecular formula is C29H43N3O3. The van der Waals surface area contributed by atoms with Gasteiger partial charge in [-0.1, -0.05) is 25.5 Å². The first-order valence-electron chi connectivity index (χ1n) is 13.4. The maximum Gasteiger partial charge on any atom is 0.407 e. The normalized spacial score (nSPS) is 22.8. The smallest absolute Gasteiger partial charge is 0.407 e. The average molecular weight is 482 g/mol. The van der Waals surface area contributed by atoms with E-state index in [2.05, 4.69) is 54.2 Å². The van der Waals surface area contributed by atoms with Crippen molar-refractivity contribution in [2.24, 2.45) is 17.8 Å². The first-order chi connectivity index (χ1) is 16.5. The Morgan fingerprint density at radius 1 is 1.17 bits per heavy atom. The molecular weight excluding hydrogens is 438 g/mol.